The molecule has 3 aliphatic rings. The molecule has 6 heteroatoms. The van der Waals surface area contributed by atoms with E-state index in [1.165, 1.54) is 32.1 Å². The van der Waals surface area contributed by atoms with Gasteiger partial charge in [-0.15, -0.1) is 12.4 Å². The zero-order valence-electron chi connectivity index (χ0n) is 16.2. The summed E-state index contributed by atoms with van der Waals surface area (Å²) in [6.45, 7) is 4.76. The van der Waals surface area contributed by atoms with Crippen LogP contribution in [0.5, 0.6) is 0 Å². The van der Waals surface area contributed by atoms with Gasteiger partial charge in [0.1, 0.15) is 0 Å². The maximum absolute atomic E-state index is 12.8. The molecule has 2 aliphatic carbocycles. The number of nitrogens with zero attached hydrogens (tertiary/aromatic N) is 1. The van der Waals surface area contributed by atoms with Crippen molar-refractivity contribution in [3.05, 3.63) is 0 Å². The summed E-state index contributed by atoms with van der Waals surface area (Å²) in [5, 5.41) is 6.58. The molecule has 2 amide bonds. The molecular weight excluding hydrogens is 350 g/mol. The second kappa shape index (κ2) is 10.5. The number of hydrogen-bond donors (Lipinski definition) is 2. The van der Waals surface area contributed by atoms with Crippen molar-refractivity contribution in [1.29, 1.82) is 0 Å². The predicted octanol–water partition coefficient (Wildman–Crippen LogP) is 2.87. The topological polar surface area (TPSA) is 61.4 Å². The molecule has 0 spiro atoms. The van der Waals surface area contributed by atoms with Gasteiger partial charge in [0.15, 0.2) is 0 Å². The number of hydrogen-bond acceptors (Lipinski definition) is 3. The third-order valence-corrected chi connectivity index (χ3v) is 6.42. The lowest BCUT2D eigenvalue weighted by atomic mass is 9.84. The lowest BCUT2D eigenvalue weighted by Crippen LogP contribution is -2.54. The quantitative estimate of drug-likeness (QED) is 0.782. The molecule has 0 aromatic carbocycles. The zero-order chi connectivity index (χ0) is 17.6. The molecule has 1 atom stereocenters. The summed E-state index contributed by atoms with van der Waals surface area (Å²) < 4.78 is 0. The Labute approximate surface area is 164 Å². The summed E-state index contributed by atoms with van der Waals surface area (Å²) in [4.78, 5) is 27.1. The number of nitrogens with one attached hydrogen (secondary N) is 2. The third kappa shape index (κ3) is 5.85. The Kier molecular flexibility index (Phi) is 8.68. The molecule has 0 radical (unpaired) electrons. The largest absolute Gasteiger partial charge is 0.353 e. The Morgan fingerprint density at radius 2 is 1.73 bits per heavy atom. The Morgan fingerprint density at radius 3 is 2.38 bits per heavy atom. The number of halogens is 1. The smallest absolute Gasteiger partial charge is 0.226 e. The van der Waals surface area contributed by atoms with Crippen molar-refractivity contribution in [2.45, 2.75) is 83.2 Å². The molecule has 2 saturated carbocycles. The fraction of sp³-hybridized carbons (Fsp3) is 0.900. The van der Waals surface area contributed by atoms with Crippen molar-refractivity contribution in [2.75, 3.05) is 19.6 Å². The highest BCUT2D eigenvalue weighted by molar-refractivity contribution is 5.85. The van der Waals surface area contributed by atoms with Crippen LogP contribution >= 0.6 is 12.4 Å². The lowest BCUT2D eigenvalue weighted by Gasteiger charge is -2.38. The minimum atomic E-state index is 0. The van der Waals surface area contributed by atoms with Gasteiger partial charge in [0, 0.05) is 44.1 Å². The van der Waals surface area contributed by atoms with Crippen LogP contribution in [0.4, 0.5) is 0 Å². The molecule has 150 valence electrons. The van der Waals surface area contributed by atoms with Crippen LogP contribution in [-0.2, 0) is 9.59 Å². The fourth-order valence-corrected chi connectivity index (χ4v) is 4.83. The normalized spacial score (nSPS) is 30.3. The number of amides is 2. The first-order chi connectivity index (χ1) is 12.1. The molecule has 0 aromatic heterocycles. The van der Waals surface area contributed by atoms with E-state index in [1.807, 2.05) is 0 Å². The van der Waals surface area contributed by atoms with Gasteiger partial charge < -0.3 is 15.5 Å². The summed E-state index contributed by atoms with van der Waals surface area (Å²) in [7, 11) is 0. The van der Waals surface area contributed by atoms with Gasteiger partial charge in [-0.3, -0.25) is 9.59 Å². The summed E-state index contributed by atoms with van der Waals surface area (Å²) in [5.41, 5.74) is 0. The van der Waals surface area contributed by atoms with Crippen LogP contribution in [0.3, 0.4) is 0 Å². The average Bonchev–Trinajstić information content (AvgIpc) is 2.63. The van der Waals surface area contributed by atoms with Crippen molar-refractivity contribution >= 4 is 24.2 Å². The van der Waals surface area contributed by atoms with Crippen LogP contribution in [0.15, 0.2) is 0 Å². The average molecular weight is 386 g/mol. The van der Waals surface area contributed by atoms with E-state index in [4.69, 9.17) is 0 Å². The van der Waals surface area contributed by atoms with E-state index in [2.05, 4.69) is 22.5 Å². The third-order valence-electron chi connectivity index (χ3n) is 6.42. The van der Waals surface area contributed by atoms with Gasteiger partial charge >= 0.3 is 0 Å². The molecule has 3 fully saturated rings. The van der Waals surface area contributed by atoms with Crippen LogP contribution < -0.4 is 10.6 Å². The van der Waals surface area contributed by atoms with E-state index in [1.54, 1.807) is 0 Å². The van der Waals surface area contributed by atoms with Gasteiger partial charge in [0.05, 0.1) is 0 Å². The SMILES string of the molecule is C[C@H]1CNCCN1C(=O)C1CCC(NC(=O)CC2CCCCC2)CC1.Cl. The Morgan fingerprint density at radius 1 is 1.04 bits per heavy atom. The van der Waals surface area contributed by atoms with Crippen LogP contribution in [0, 0.1) is 11.8 Å². The summed E-state index contributed by atoms with van der Waals surface area (Å²) >= 11 is 0. The molecule has 1 aliphatic heterocycles. The van der Waals surface area contributed by atoms with Gasteiger partial charge in [-0.2, -0.15) is 0 Å². The van der Waals surface area contributed by atoms with Gasteiger partial charge in [0.25, 0.3) is 0 Å². The van der Waals surface area contributed by atoms with Crippen molar-refractivity contribution in [1.82, 2.24) is 15.5 Å². The lowest BCUT2D eigenvalue weighted by molar-refractivity contribution is -0.139. The highest BCUT2D eigenvalue weighted by Crippen LogP contribution is 2.29. The summed E-state index contributed by atoms with van der Waals surface area (Å²) in [6, 6.07) is 0.578. The van der Waals surface area contributed by atoms with Gasteiger partial charge in [-0.25, -0.2) is 0 Å². The minimum Gasteiger partial charge on any atom is -0.353 e. The number of piperazine rings is 1. The molecule has 1 saturated heterocycles. The van der Waals surface area contributed by atoms with E-state index >= 15 is 0 Å². The van der Waals surface area contributed by atoms with Gasteiger partial charge in [-0.05, 0) is 51.4 Å². The predicted molar refractivity (Wildman–Crippen MR) is 106 cm³/mol. The second-order valence-corrected chi connectivity index (χ2v) is 8.41. The van der Waals surface area contributed by atoms with Gasteiger partial charge in [0.2, 0.25) is 11.8 Å². The second-order valence-electron chi connectivity index (χ2n) is 8.41. The molecule has 5 nitrogen and oxygen atoms in total. The number of rotatable bonds is 4. The van der Waals surface area contributed by atoms with E-state index < -0.39 is 0 Å². The Hall–Kier alpha value is -0.810. The molecule has 2 N–H and O–H groups in total. The minimum absolute atomic E-state index is 0. The molecule has 26 heavy (non-hydrogen) atoms. The first-order valence-corrected chi connectivity index (χ1v) is 10.4. The molecule has 0 aromatic rings. The van der Waals surface area contributed by atoms with E-state index in [-0.39, 0.29) is 30.3 Å². The first kappa shape index (κ1) is 21.5. The van der Waals surface area contributed by atoms with E-state index in [9.17, 15) is 9.59 Å². The molecule has 0 unspecified atom stereocenters. The van der Waals surface area contributed by atoms with Crippen molar-refractivity contribution < 1.29 is 9.59 Å². The van der Waals surface area contributed by atoms with Crippen LogP contribution in [0.25, 0.3) is 0 Å². The fourth-order valence-electron chi connectivity index (χ4n) is 4.83. The monoisotopic (exact) mass is 385 g/mol. The standard InChI is InChI=1S/C20H35N3O2.ClH/c1-15-14-21-11-12-23(15)20(25)17-7-9-18(10-8-17)22-19(24)13-16-5-3-2-4-6-16;/h15-18,21H,2-14H2,1H3,(H,22,24);1H/t15-,17?,18?;/m0./s1. The van der Waals surface area contributed by atoms with Crippen LogP contribution in [-0.4, -0.2) is 48.4 Å². The number of carbonyl (C=O) groups is 2. The highest BCUT2D eigenvalue weighted by atomic mass is 35.5. The summed E-state index contributed by atoms with van der Waals surface area (Å²) in [5.74, 6) is 1.33. The van der Waals surface area contributed by atoms with E-state index in [0.717, 1.165) is 45.3 Å². The maximum atomic E-state index is 12.8. The van der Waals surface area contributed by atoms with Crippen molar-refractivity contribution in [3.8, 4) is 0 Å². The van der Waals surface area contributed by atoms with Gasteiger partial charge in [-0.1, -0.05) is 19.3 Å². The van der Waals surface area contributed by atoms with Crippen molar-refractivity contribution in [2.24, 2.45) is 11.8 Å². The molecule has 0 bridgehead atoms. The summed E-state index contributed by atoms with van der Waals surface area (Å²) in [6.07, 6.45) is 10.8. The molecule has 3 rings (SSSR count). The molecule has 1 heterocycles. The Bertz CT molecular complexity index is 460. The van der Waals surface area contributed by atoms with Crippen LogP contribution in [0.2, 0.25) is 0 Å². The van der Waals surface area contributed by atoms with Crippen molar-refractivity contribution in [3.63, 3.8) is 0 Å². The maximum Gasteiger partial charge on any atom is 0.226 e. The highest BCUT2D eigenvalue weighted by Gasteiger charge is 2.32. The van der Waals surface area contributed by atoms with Crippen LogP contribution in [0.1, 0.15) is 71.1 Å². The number of carbonyl (C=O) groups excluding carboxylic acids is 2. The van der Waals surface area contributed by atoms with E-state index in [0.29, 0.717) is 24.3 Å². The zero-order valence-corrected chi connectivity index (χ0v) is 17.0. The Balaban J connectivity index is 0.00000243. The molecular formula is C20H36ClN3O2. The first-order valence-electron chi connectivity index (χ1n) is 10.4.